The predicted molar refractivity (Wildman–Crippen MR) is 183 cm³/mol. The SMILES string of the molecule is Nc1cc2c(O)c(N=Nc3ccc(N=Nc4cccc5cc(S(=O)(=O)O)ccc45)c4cc(S)ccc34)c(S(=O)(=O)O)cc2cc1S(=O)(=O)O. The Morgan fingerprint density at radius 1 is 0.551 bits per heavy atom. The van der Waals surface area contributed by atoms with E-state index in [0.717, 1.165) is 18.2 Å². The summed E-state index contributed by atoms with van der Waals surface area (Å²) in [7, 11) is -14.3. The Morgan fingerprint density at radius 3 is 1.80 bits per heavy atom. The van der Waals surface area contributed by atoms with Gasteiger partial charge in [-0.25, -0.2) is 0 Å². The van der Waals surface area contributed by atoms with Crippen molar-refractivity contribution in [3.05, 3.63) is 84.9 Å². The molecule has 0 aliphatic carbocycles. The summed E-state index contributed by atoms with van der Waals surface area (Å²) in [6, 6.07) is 19.6. The number of phenols is 1. The minimum Gasteiger partial charge on any atom is -0.505 e. The molecule has 19 heteroatoms. The molecule has 6 aromatic carbocycles. The van der Waals surface area contributed by atoms with Crippen LogP contribution in [0.1, 0.15) is 0 Å². The van der Waals surface area contributed by atoms with Crippen molar-refractivity contribution >= 4 is 104 Å². The van der Waals surface area contributed by atoms with E-state index in [-0.39, 0.29) is 21.4 Å². The van der Waals surface area contributed by atoms with E-state index in [4.69, 9.17) is 5.73 Å². The fraction of sp³-hybridized carbons (Fsp3) is 0. The quantitative estimate of drug-likeness (QED) is 0.0410. The number of nitrogens with zero attached hydrogens (tertiary/aromatic N) is 4. The van der Waals surface area contributed by atoms with Gasteiger partial charge in [-0.1, -0.05) is 24.3 Å². The fourth-order valence-corrected chi connectivity index (χ4v) is 7.10. The number of thiol groups is 1. The van der Waals surface area contributed by atoms with Gasteiger partial charge in [-0.05, 0) is 71.4 Å². The van der Waals surface area contributed by atoms with Crippen LogP contribution in [0.15, 0.2) is 125 Å². The molecule has 0 saturated carbocycles. The van der Waals surface area contributed by atoms with Gasteiger partial charge in [0.25, 0.3) is 30.4 Å². The van der Waals surface area contributed by atoms with Crippen LogP contribution in [-0.2, 0) is 30.4 Å². The largest absolute Gasteiger partial charge is 0.505 e. The molecule has 0 unspecified atom stereocenters. The van der Waals surface area contributed by atoms with E-state index in [2.05, 4.69) is 33.1 Å². The molecule has 6 N–H and O–H groups in total. The van der Waals surface area contributed by atoms with Gasteiger partial charge in [0.2, 0.25) is 0 Å². The topological polar surface area (TPSA) is 259 Å². The van der Waals surface area contributed by atoms with Gasteiger partial charge in [0.05, 0.1) is 27.6 Å². The van der Waals surface area contributed by atoms with Crippen molar-refractivity contribution in [1.82, 2.24) is 0 Å². The highest BCUT2D eigenvalue weighted by molar-refractivity contribution is 7.86. The lowest BCUT2D eigenvalue weighted by Gasteiger charge is -2.11. The molecule has 15 nitrogen and oxygen atoms in total. The van der Waals surface area contributed by atoms with Crippen molar-refractivity contribution in [2.75, 3.05) is 5.73 Å². The van der Waals surface area contributed by atoms with Crippen molar-refractivity contribution < 1.29 is 44.0 Å². The fourth-order valence-electron chi connectivity index (χ4n) is 5.09. The molecular weight excluding hydrogens is 719 g/mol. The monoisotopic (exact) mass is 739 g/mol. The molecule has 0 spiro atoms. The first kappa shape index (κ1) is 33.9. The van der Waals surface area contributed by atoms with Crippen LogP contribution >= 0.6 is 12.6 Å². The first-order valence-corrected chi connectivity index (χ1v) is 18.3. The molecule has 49 heavy (non-hydrogen) atoms. The minimum absolute atomic E-state index is 0.144. The normalized spacial score (nSPS) is 13.0. The van der Waals surface area contributed by atoms with E-state index in [1.807, 2.05) is 0 Å². The summed E-state index contributed by atoms with van der Waals surface area (Å²) >= 11 is 4.41. The van der Waals surface area contributed by atoms with Gasteiger partial charge < -0.3 is 10.8 Å². The van der Waals surface area contributed by atoms with Crippen molar-refractivity contribution in [2.24, 2.45) is 20.5 Å². The minimum atomic E-state index is -5.06. The number of aromatic hydroxyl groups is 1. The molecular formula is C30H21N5O10S4. The van der Waals surface area contributed by atoms with Crippen LogP contribution in [-0.4, -0.2) is 44.0 Å². The lowest BCUT2D eigenvalue weighted by molar-refractivity contribution is 0.472. The zero-order chi connectivity index (χ0) is 35.5. The van der Waals surface area contributed by atoms with Gasteiger partial charge >= 0.3 is 0 Å². The second-order valence-electron chi connectivity index (χ2n) is 10.5. The average Bonchev–Trinajstić information content (AvgIpc) is 3.01. The number of phenolic OH excluding ortho intramolecular Hbond substituents is 1. The highest BCUT2D eigenvalue weighted by Crippen LogP contribution is 2.44. The van der Waals surface area contributed by atoms with Crippen molar-refractivity contribution in [1.29, 1.82) is 0 Å². The third-order valence-electron chi connectivity index (χ3n) is 7.34. The van der Waals surface area contributed by atoms with Crippen molar-refractivity contribution in [3.8, 4) is 5.75 Å². The number of fused-ring (bicyclic) bond motifs is 3. The zero-order valence-corrected chi connectivity index (χ0v) is 27.7. The van der Waals surface area contributed by atoms with Crippen molar-refractivity contribution in [3.63, 3.8) is 0 Å². The highest BCUT2D eigenvalue weighted by atomic mass is 32.2. The third-order valence-corrected chi connectivity index (χ3v) is 10.2. The molecule has 250 valence electrons. The molecule has 0 atom stereocenters. The first-order chi connectivity index (χ1) is 22.9. The second-order valence-corrected chi connectivity index (χ2v) is 15.2. The Balaban J connectivity index is 1.46. The molecule has 0 aromatic heterocycles. The molecule has 0 aliphatic rings. The van der Waals surface area contributed by atoms with Crippen LogP contribution in [0.3, 0.4) is 0 Å². The molecule has 0 heterocycles. The molecule has 0 radical (unpaired) electrons. The van der Waals surface area contributed by atoms with Crippen LogP contribution in [0.2, 0.25) is 0 Å². The Hall–Kier alpha value is -5.02. The molecule has 0 aliphatic heterocycles. The van der Waals surface area contributed by atoms with Crippen LogP contribution in [0, 0.1) is 0 Å². The van der Waals surface area contributed by atoms with Gasteiger partial charge in [0.1, 0.15) is 15.5 Å². The summed E-state index contributed by atoms with van der Waals surface area (Å²) in [6.45, 7) is 0. The lowest BCUT2D eigenvalue weighted by atomic mass is 10.1. The number of nitrogens with two attached hydrogens (primary N) is 1. The van der Waals surface area contributed by atoms with Crippen LogP contribution < -0.4 is 5.73 Å². The summed E-state index contributed by atoms with van der Waals surface area (Å²) in [5, 5.41) is 29.5. The second kappa shape index (κ2) is 12.1. The number of hydrogen-bond donors (Lipinski definition) is 6. The summed E-state index contributed by atoms with van der Waals surface area (Å²) < 4.78 is 100. The van der Waals surface area contributed by atoms with Crippen LogP contribution in [0.25, 0.3) is 32.3 Å². The molecule has 0 fully saturated rings. The summed E-state index contributed by atoms with van der Waals surface area (Å²) in [6.07, 6.45) is 0. The van der Waals surface area contributed by atoms with Gasteiger partial charge in [-0.3, -0.25) is 13.7 Å². The number of anilines is 1. The van der Waals surface area contributed by atoms with Crippen LogP contribution in [0.5, 0.6) is 5.75 Å². The average molecular weight is 740 g/mol. The Bertz CT molecular complexity index is 2790. The van der Waals surface area contributed by atoms with E-state index in [9.17, 15) is 44.0 Å². The predicted octanol–water partition coefficient (Wildman–Crippen LogP) is 7.29. The number of nitrogen functional groups attached to an aromatic ring is 1. The van der Waals surface area contributed by atoms with Crippen LogP contribution in [0.4, 0.5) is 28.4 Å². The van der Waals surface area contributed by atoms with Gasteiger partial charge in [-0.15, -0.1) is 33.1 Å². The van der Waals surface area contributed by atoms with E-state index in [1.54, 1.807) is 36.4 Å². The number of azo groups is 2. The lowest BCUT2D eigenvalue weighted by Crippen LogP contribution is -2.04. The zero-order valence-electron chi connectivity index (χ0n) is 24.4. The Kier molecular flexibility index (Phi) is 8.39. The van der Waals surface area contributed by atoms with E-state index >= 15 is 0 Å². The maximum Gasteiger partial charge on any atom is 0.296 e. The van der Waals surface area contributed by atoms with Gasteiger partial charge in [0, 0.05) is 26.4 Å². The molecule has 0 amide bonds. The van der Waals surface area contributed by atoms with Gasteiger partial charge in [-0.2, -0.15) is 25.3 Å². The number of benzene rings is 6. The molecule has 0 saturated heterocycles. The highest BCUT2D eigenvalue weighted by Gasteiger charge is 2.25. The molecule has 6 aromatic rings. The van der Waals surface area contributed by atoms with E-state index in [1.165, 1.54) is 30.3 Å². The summed E-state index contributed by atoms with van der Waals surface area (Å²) in [5.74, 6) is -0.798. The maximum atomic E-state index is 12.3. The number of hydrogen-bond acceptors (Lipinski definition) is 13. The Labute approximate surface area is 283 Å². The first-order valence-electron chi connectivity index (χ1n) is 13.6. The molecule has 6 rings (SSSR count). The summed E-state index contributed by atoms with van der Waals surface area (Å²) in [4.78, 5) is -1.38. The standard InChI is InChI=1S/C30H21N5O10S4/c31-23-14-21-16(11-27(23)48(40,41)42)12-28(49(43,44)45)29(30(21)36)35-34-25-8-9-26(22-13-17(46)4-6-20(22)25)33-32-24-3-1-2-15-10-18(47(37,38)39)5-7-19(15)24/h1-14,36,46H,31H2,(H,37,38,39)(H,40,41,42)(H,43,44,45). The molecule has 0 bridgehead atoms. The smallest absolute Gasteiger partial charge is 0.296 e. The number of rotatable bonds is 7. The van der Waals surface area contributed by atoms with E-state index < -0.39 is 57.3 Å². The summed E-state index contributed by atoms with van der Waals surface area (Å²) in [5.41, 5.74) is 5.56. The third kappa shape index (κ3) is 6.68. The Morgan fingerprint density at radius 2 is 1.14 bits per heavy atom. The van der Waals surface area contributed by atoms with Crippen molar-refractivity contribution in [2.45, 2.75) is 19.6 Å². The van der Waals surface area contributed by atoms with E-state index in [0.29, 0.717) is 37.8 Å². The maximum absolute atomic E-state index is 12.3. The van der Waals surface area contributed by atoms with Gasteiger partial charge in [0.15, 0.2) is 5.75 Å².